The van der Waals surface area contributed by atoms with Gasteiger partial charge in [0, 0.05) is 18.9 Å². The summed E-state index contributed by atoms with van der Waals surface area (Å²) in [5.41, 5.74) is 7.00. The van der Waals surface area contributed by atoms with Gasteiger partial charge in [0.15, 0.2) is 0 Å². The molecule has 0 saturated heterocycles. The van der Waals surface area contributed by atoms with E-state index in [1.54, 1.807) is 6.92 Å². The predicted molar refractivity (Wildman–Crippen MR) is 155 cm³/mol. The van der Waals surface area contributed by atoms with Crippen LogP contribution in [0.2, 0.25) is 0 Å². The van der Waals surface area contributed by atoms with Crippen LogP contribution in [0.5, 0.6) is 0 Å². The van der Waals surface area contributed by atoms with Gasteiger partial charge in [-0.15, -0.1) is 0 Å². The van der Waals surface area contributed by atoms with Crippen molar-refractivity contribution < 1.29 is 19.4 Å². The summed E-state index contributed by atoms with van der Waals surface area (Å²) in [6.07, 6.45) is 18.7. The second kappa shape index (κ2) is 17.5. The standard InChI is InChI=1S/C33H52O4/c1-23(2)13-9-14-24(3)15-10-16-25(4)17-11-18-26(5)19-12-20-27(6)21-22-29-28(7)30(34)32(36)33(37-8)31(29)35/h13,15,17,19,21,28-29,31,33,35H,9-12,14,16,18,20,22H2,1-8H3. The Bertz CT molecular complexity index is 895. The van der Waals surface area contributed by atoms with E-state index in [0.29, 0.717) is 6.42 Å². The molecule has 0 bridgehead atoms. The number of allylic oxidation sites excluding steroid dienone is 10. The first-order valence-electron chi connectivity index (χ1n) is 14.0. The fourth-order valence-corrected chi connectivity index (χ4v) is 4.80. The highest BCUT2D eigenvalue weighted by atomic mass is 16.5. The number of ether oxygens (including phenoxy) is 1. The number of hydrogen-bond donors (Lipinski definition) is 1. The van der Waals surface area contributed by atoms with Crippen LogP contribution in [0.3, 0.4) is 0 Å². The molecule has 4 atom stereocenters. The van der Waals surface area contributed by atoms with Crippen LogP contribution in [-0.2, 0) is 14.3 Å². The second-order valence-corrected chi connectivity index (χ2v) is 11.2. The molecule has 1 rings (SSSR count). The summed E-state index contributed by atoms with van der Waals surface area (Å²) in [6, 6.07) is 0. The van der Waals surface area contributed by atoms with Crippen LogP contribution in [0, 0.1) is 11.8 Å². The summed E-state index contributed by atoms with van der Waals surface area (Å²) in [5, 5.41) is 10.5. The minimum Gasteiger partial charge on any atom is -0.390 e. The molecule has 1 saturated carbocycles. The van der Waals surface area contributed by atoms with Crippen molar-refractivity contribution in [2.75, 3.05) is 7.11 Å². The third-order valence-electron chi connectivity index (χ3n) is 7.48. The van der Waals surface area contributed by atoms with Gasteiger partial charge in [-0.25, -0.2) is 0 Å². The molecule has 0 amide bonds. The molecule has 4 heteroatoms. The monoisotopic (exact) mass is 512 g/mol. The molecule has 1 aliphatic rings. The Hall–Kier alpha value is -2.04. The van der Waals surface area contributed by atoms with E-state index in [4.69, 9.17) is 4.74 Å². The molecule has 37 heavy (non-hydrogen) atoms. The summed E-state index contributed by atoms with van der Waals surface area (Å²) in [6.45, 7) is 14.8. The highest BCUT2D eigenvalue weighted by Crippen LogP contribution is 2.31. The average Bonchev–Trinajstić information content (AvgIpc) is 2.82. The highest BCUT2D eigenvalue weighted by molar-refractivity contribution is 6.40. The van der Waals surface area contributed by atoms with Gasteiger partial charge in [-0.2, -0.15) is 0 Å². The number of aliphatic hydroxyl groups excluding tert-OH is 1. The van der Waals surface area contributed by atoms with Gasteiger partial charge in [-0.1, -0.05) is 65.2 Å². The second-order valence-electron chi connectivity index (χ2n) is 11.2. The Labute approximate surface area is 226 Å². The molecule has 1 aliphatic carbocycles. The van der Waals surface area contributed by atoms with Crippen molar-refractivity contribution in [2.45, 2.75) is 118 Å². The number of carbonyl (C=O) groups is 2. The number of methoxy groups -OCH3 is 1. The molecule has 0 heterocycles. The SMILES string of the molecule is COC1C(=O)C(=O)C(C)C(CC=C(C)CCC=C(C)CCC=C(C)CCC=C(C)CCC=C(C)C)C1O. The van der Waals surface area contributed by atoms with Gasteiger partial charge in [0.1, 0.15) is 6.10 Å². The van der Waals surface area contributed by atoms with Crippen LogP contribution in [0.25, 0.3) is 0 Å². The molecule has 0 aromatic heterocycles. The molecule has 0 aliphatic heterocycles. The smallest absolute Gasteiger partial charge is 0.229 e. The minimum atomic E-state index is -1.04. The van der Waals surface area contributed by atoms with Crippen molar-refractivity contribution in [3.63, 3.8) is 0 Å². The lowest BCUT2D eigenvalue weighted by Gasteiger charge is -2.35. The largest absolute Gasteiger partial charge is 0.390 e. The lowest BCUT2D eigenvalue weighted by molar-refractivity contribution is -0.160. The Morgan fingerprint density at radius 3 is 1.51 bits per heavy atom. The van der Waals surface area contributed by atoms with Crippen molar-refractivity contribution >= 4 is 11.6 Å². The number of carbonyl (C=O) groups excluding carboxylic acids is 2. The van der Waals surface area contributed by atoms with Gasteiger partial charge < -0.3 is 9.84 Å². The van der Waals surface area contributed by atoms with E-state index in [1.165, 1.54) is 35.0 Å². The van der Waals surface area contributed by atoms with Crippen LogP contribution in [0.1, 0.15) is 106 Å². The van der Waals surface area contributed by atoms with E-state index in [2.05, 4.69) is 71.9 Å². The van der Waals surface area contributed by atoms with Crippen LogP contribution in [0.15, 0.2) is 58.2 Å². The molecular formula is C33H52O4. The van der Waals surface area contributed by atoms with Crippen molar-refractivity contribution in [1.29, 1.82) is 0 Å². The van der Waals surface area contributed by atoms with E-state index in [9.17, 15) is 14.7 Å². The molecule has 4 nitrogen and oxygen atoms in total. The molecule has 1 N–H and O–H groups in total. The number of hydrogen-bond acceptors (Lipinski definition) is 4. The average molecular weight is 513 g/mol. The van der Waals surface area contributed by atoms with Crippen LogP contribution >= 0.6 is 0 Å². The first-order chi connectivity index (χ1) is 17.5. The molecule has 0 aromatic rings. The summed E-state index contributed by atoms with van der Waals surface area (Å²) < 4.78 is 5.10. The third-order valence-corrected chi connectivity index (χ3v) is 7.48. The van der Waals surface area contributed by atoms with E-state index >= 15 is 0 Å². The molecule has 0 spiro atoms. The van der Waals surface area contributed by atoms with Crippen molar-refractivity contribution in [3.05, 3.63) is 58.2 Å². The number of ketones is 2. The molecular weight excluding hydrogens is 460 g/mol. The van der Waals surface area contributed by atoms with Gasteiger partial charge in [0.05, 0.1) is 6.10 Å². The third kappa shape index (κ3) is 12.4. The summed E-state index contributed by atoms with van der Waals surface area (Å²) >= 11 is 0. The topological polar surface area (TPSA) is 63.6 Å². The minimum absolute atomic E-state index is 0.292. The van der Waals surface area contributed by atoms with Gasteiger partial charge in [0.25, 0.3) is 0 Å². The van der Waals surface area contributed by atoms with Crippen LogP contribution in [-0.4, -0.2) is 36.0 Å². The fraction of sp³-hybridized carbons (Fsp3) is 0.636. The van der Waals surface area contributed by atoms with E-state index in [-0.39, 0.29) is 5.92 Å². The first-order valence-corrected chi connectivity index (χ1v) is 14.0. The quantitative estimate of drug-likeness (QED) is 0.178. The van der Waals surface area contributed by atoms with Crippen LogP contribution < -0.4 is 0 Å². The first kappa shape index (κ1) is 33.0. The lowest BCUT2D eigenvalue weighted by atomic mass is 9.73. The van der Waals surface area contributed by atoms with Gasteiger partial charge in [-0.3, -0.25) is 9.59 Å². The van der Waals surface area contributed by atoms with Crippen molar-refractivity contribution in [2.24, 2.45) is 11.8 Å². The zero-order chi connectivity index (χ0) is 28.0. The Morgan fingerprint density at radius 1 is 0.703 bits per heavy atom. The van der Waals surface area contributed by atoms with E-state index in [1.807, 2.05) is 0 Å². The number of Topliss-reactive ketones (excluding diaryl/α,β-unsaturated/α-hetero) is 2. The number of rotatable bonds is 15. The molecule has 208 valence electrons. The van der Waals surface area contributed by atoms with Gasteiger partial charge in [0.2, 0.25) is 11.6 Å². The van der Waals surface area contributed by atoms with Gasteiger partial charge >= 0.3 is 0 Å². The lowest BCUT2D eigenvalue weighted by Crippen LogP contribution is -2.53. The van der Waals surface area contributed by atoms with Crippen molar-refractivity contribution in [3.8, 4) is 0 Å². The maximum absolute atomic E-state index is 12.2. The summed E-state index contributed by atoms with van der Waals surface area (Å²) in [4.78, 5) is 24.3. The zero-order valence-corrected chi connectivity index (χ0v) is 24.7. The molecule has 4 unspecified atom stereocenters. The predicted octanol–water partition coefficient (Wildman–Crippen LogP) is 8.03. The highest BCUT2D eigenvalue weighted by Gasteiger charge is 2.46. The molecule has 0 aromatic carbocycles. The Morgan fingerprint density at radius 2 is 1.11 bits per heavy atom. The zero-order valence-electron chi connectivity index (χ0n) is 24.7. The van der Waals surface area contributed by atoms with E-state index in [0.717, 1.165) is 51.4 Å². The van der Waals surface area contributed by atoms with E-state index < -0.39 is 29.7 Å². The van der Waals surface area contributed by atoms with Crippen molar-refractivity contribution in [1.82, 2.24) is 0 Å². The maximum Gasteiger partial charge on any atom is 0.229 e. The molecule has 1 fully saturated rings. The normalized spacial score (nSPS) is 24.0. The number of aliphatic hydroxyl groups is 1. The maximum atomic E-state index is 12.2. The fourth-order valence-electron chi connectivity index (χ4n) is 4.80. The Kier molecular flexibility index (Phi) is 15.6. The van der Waals surface area contributed by atoms with Crippen LogP contribution in [0.4, 0.5) is 0 Å². The summed E-state index contributed by atoms with van der Waals surface area (Å²) in [7, 11) is 1.37. The molecule has 0 radical (unpaired) electrons. The van der Waals surface area contributed by atoms with Gasteiger partial charge in [-0.05, 0) is 99.3 Å². The summed E-state index contributed by atoms with van der Waals surface area (Å²) in [5.74, 6) is -1.82. The Balaban J connectivity index is 2.40.